The first-order valence-electron chi connectivity index (χ1n) is 9.36. The fourth-order valence-electron chi connectivity index (χ4n) is 3.23. The third-order valence-electron chi connectivity index (χ3n) is 4.96. The number of rotatable bonds is 6. The minimum Gasteiger partial charge on any atom is -0.497 e. The smallest absolute Gasteiger partial charge is 0.272 e. The molecule has 1 fully saturated rings. The average Bonchev–Trinajstić information content (AvgIpc) is 3.58. The molecular formula is C22H20FN3O3. The minimum atomic E-state index is -0.414. The highest BCUT2D eigenvalue weighted by Crippen LogP contribution is 2.41. The molecule has 1 heterocycles. The first-order chi connectivity index (χ1) is 14.0. The standard InChI is InChI=1S/C22H20FN3O3/c1-29-18-10-4-15(5-11-18)21(14-2-3-14)24-22(28)19-12-13-20(27)26(25-19)17-8-6-16(23)7-9-17/h4-14,21H,2-3H2,1H3,(H,24,28). The molecule has 6 nitrogen and oxygen atoms in total. The molecule has 0 spiro atoms. The molecule has 0 bridgehead atoms. The molecule has 4 rings (SSSR count). The molecule has 0 radical (unpaired) electrons. The van der Waals surface area contributed by atoms with E-state index in [4.69, 9.17) is 4.74 Å². The van der Waals surface area contributed by atoms with Gasteiger partial charge in [-0.1, -0.05) is 12.1 Å². The Morgan fingerprint density at radius 2 is 1.79 bits per heavy atom. The van der Waals surface area contributed by atoms with Crippen molar-refractivity contribution in [3.63, 3.8) is 0 Å². The van der Waals surface area contributed by atoms with Crippen LogP contribution in [0.3, 0.4) is 0 Å². The summed E-state index contributed by atoms with van der Waals surface area (Å²) in [6, 6.07) is 15.5. The number of nitrogens with one attached hydrogen (secondary N) is 1. The maximum Gasteiger partial charge on any atom is 0.272 e. The van der Waals surface area contributed by atoms with E-state index in [2.05, 4.69) is 10.4 Å². The number of benzene rings is 2. The van der Waals surface area contributed by atoms with Gasteiger partial charge in [0, 0.05) is 6.07 Å². The molecule has 1 aromatic heterocycles. The topological polar surface area (TPSA) is 73.2 Å². The number of aromatic nitrogens is 2. The number of halogens is 1. The van der Waals surface area contributed by atoms with Crippen LogP contribution >= 0.6 is 0 Å². The Labute approximate surface area is 166 Å². The Bertz CT molecular complexity index is 1070. The Morgan fingerprint density at radius 3 is 2.41 bits per heavy atom. The third kappa shape index (κ3) is 4.18. The van der Waals surface area contributed by atoms with E-state index in [0.29, 0.717) is 11.6 Å². The first kappa shape index (κ1) is 18.9. The monoisotopic (exact) mass is 393 g/mol. The van der Waals surface area contributed by atoms with Gasteiger partial charge in [0.2, 0.25) is 0 Å². The summed E-state index contributed by atoms with van der Waals surface area (Å²) in [5.74, 6) is 0.342. The summed E-state index contributed by atoms with van der Waals surface area (Å²) in [6.45, 7) is 0. The van der Waals surface area contributed by atoms with Gasteiger partial charge in [-0.25, -0.2) is 4.39 Å². The Balaban J connectivity index is 1.59. The van der Waals surface area contributed by atoms with E-state index in [-0.39, 0.29) is 17.6 Å². The van der Waals surface area contributed by atoms with E-state index in [1.807, 2.05) is 24.3 Å². The predicted molar refractivity (Wildman–Crippen MR) is 106 cm³/mol. The molecular weight excluding hydrogens is 373 g/mol. The zero-order chi connectivity index (χ0) is 20.4. The molecule has 1 saturated carbocycles. The molecule has 1 atom stereocenters. The normalized spacial score (nSPS) is 14.3. The van der Waals surface area contributed by atoms with Crippen molar-refractivity contribution < 1.29 is 13.9 Å². The van der Waals surface area contributed by atoms with Gasteiger partial charge >= 0.3 is 0 Å². The number of hydrogen-bond donors (Lipinski definition) is 1. The number of methoxy groups -OCH3 is 1. The van der Waals surface area contributed by atoms with Crippen molar-refractivity contribution in [3.05, 3.63) is 88.1 Å². The summed E-state index contributed by atoms with van der Waals surface area (Å²) in [5, 5.41) is 7.21. The summed E-state index contributed by atoms with van der Waals surface area (Å²) in [7, 11) is 1.61. The molecule has 1 amide bonds. The van der Waals surface area contributed by atoms with Crippen LogP contribution in [0.2, 0.25) is 0 Å². The van der Waals surface area contributed by atoms with E-state index in [0.717, 1.165) is 28.8 Å². The van der Waals surface area contributed by atoms with Crippen LogP contribution < -0.4 is 15.6 Å². The van der Waals surface area contributed by atoms with Crippen LogP contribution in [-0.4, -0.2) is 22.8 Å². The highest BCUT2D eigenvalue weighted by atomic mass is 19.1. The van der Waals surface area contributed by atoms with Gasteiger partial charge in [0.25, 0.3) is 11.5 Å². The highest BCUT2D eigenvalue weighted by Gasteiger charge is 2.34. The number of ether oxygens (including phenoxy) is 1. The Morgan fingerprint density at radius 1 is 1.10 bits per heavy atom. The summed E-state index contributed by atoms with van der Waals surface area (Å²) >= 11 is 0. The largest absolute Gasteiger partial charge is 0.497 e. The molecule has 1 aliphatic carbocycles. The zero-order valence-electron chi connectivity index (χ0n) is 15.8. The van der Waals surface area contributed by atoms with Gasteiger partial charge in [-0.05, 0) is 66.8 Å². The van der Waals surface area contributed by atoms with Crippen molar-refractivity contribution >= 4 is 5.91 Å². The SMILES string of the molecule is COc1ccc(C(NC(=O)c2ccc(=O)n(-c3ccc(F)cc3)n2)C2CC2)cc1. The zero-order valence-corrected chi connectivity index (χ0v) is 15.8. The van der Waals surface area contributed by atoms with E-state index in [1.165, 1.54) is 36.4 Å². The number of nitrogens with zero attached hydrogens (tertiary/aromatic N) is 2. The van der Waals surface area contributed by atoms with Crippen molar-refractivity contribution in [2.75, 3.05) is 7.11 Å². The van der Waals surface area contributed by atoms with Crippen molar-refractivity contribution in [3.8, 4) is 11.4 Å². The lowest BCUT2D eigenvalue weighted by Crippen LogP contribution is -2.32. The summed E-state index contributed by atoms with van der Waals surface area (Å²) in [6.07, 6.45) is 2.08. The second kappa shape index (κ2) is 7.87. The summed E-state index contributed by atoms with van der Waals surface area (Å²) in [4.78, 5) is 25.0. The molecule has 0 aliphatic heterocycles. The summed E-state index contributed by atoms with van der Waals surface area (Å²) in [5.41, 5.74) is 1.10. The Hall–Kier alpha value is -3.48. The van der Waals surface area contributed by atoms with Gasteiger partial charge in [-0.3, -0.25) is 9.59 Å². The number of amides is 1. The van der Waals surface area contributed by atoms with E-state index >= 15 is 0 Å². The fourth-order valence-corrected chi connectivity index (χ4v) is 3.23. The van der Waals surface area contributed by atoms with Gasteiger partial charge in [-0.15, -0.1) is 0 Å². The quantitative estimate of drug-likeness (QED) is 0.698. The van der Waals surface area contributed by atoms with Crippen molar-refractivity contribution in [1.82, 2.24) is 15.1 Å². The van der Waals surface area contributed by atoms with Crippen molar-refractivity contribution in [2.45, 2.75) is 18.9 Å². The van der Waals surface area contributed by atoms with Crippen LogP contribution in [0.25, 0.3) is 5.69 Å². The summed E-state index contributed by atoms with van der Waals surface area (Å²) < 4.78 is 19.5. The van der Waals surface area contributed by atoms with Crippen LogP contribution in [0.1, 0.15) is 34.9 Å². The van der Waals surface area contributed by atoms with Crippen LogP contribution in [0.5, 0.6) is 5.75 Å². The van der Waals surface area contributed by atoms with Gasteiger partial charge in [0.05, 0.1) is 18.8 Å². The molecule has 1 aliphatic rings. The minimum absolute atomic E-state index is 0.119. The maximum absolute atomic E-state index is 13.2. The highest BCUT2D eigenvalue weighted by molar-refractivity contribution is 5.92. The first-order valence-corrected chi connectivity index (χ1v) is 9.36. The van der Waals surface area contributed by atoms with Crippen LogP contribution in [0.4, 0.5) is 4.39 Å². The molecule has 29 heavy (non-hydrogen) atoms. The number of hydrogen-bond acceptors (Lipinski definition) is 4. The van der Waals surface area contributed by atoms with Crippen LogP contribution in [0.15, 0.2) is 65.5 Å². The van der Waals surface area contributed by atoms with Gasteiger partial charge < -0.3 is 10.1 Å². The molecule has 1 N–H and O–H groups in total. The Kier molecular flexibility index (Phi) is 5.12. The average molecular weight is 393 g/mol. The van der Waals surface area contributed by atoms with E-state index in [9.17, 15) is 14.0 Å². The fraction of sp³-hybridized carbons (Fsp3) is 0.227. The molecule has 148 valence electrons. The van der Waals surface area contributed by atoms with Crippen LogP contribution in [0, 0.1) is 11.7 Å². The van der Waals surface area contributed by atoms with Gasteiger partial charge in [0.1, 0.15) is 17.3 Å². The van der Waals surface area contributed by atoms with Gasteiger partial charge in [-0.2, -0.15) is 9.78 Å². The van der Waals surface area contributed by atoms with Crippen molar-refractivity contribution in [1.29, 1.82) is 0 Å². The molecule has 1 unspecified atom stereocenters. The second-order valence-corrected chi connectivity index (χ2v) is 7.01. The third-order valence-corrected chi connectivity index (χ3v) is 4.96. The lowest BCUT2D eigenvalue weighted by Gasteiger charge is -2.19. The molecule has 7 heteroatoms. The molecule has 0 saturated heterocycles. The number of carbonyl (C=O) groups excluding carboxylic acids is 1. The van der Waals surface area contributed by atoms with Crippen LogP contribution in [-0.2, 0) is 0 Å². The second-order valence-electron chi connectivity index (χ2n) is 7.01. The lowest BCUT2D eigenvalue weighted by molar-refractivity contribution is 0.0924. The van der Waals surface area contributed by atoms with E-state index < -0.39 is 11.4 Å². The van der Waals surface area contributed by atoms with Gasteiger partial charge in [0.15, 0.2) is 0 Å². The number of carbonyl (C=O) groups is 1. The van der Waals surface area contributed by atoms with Crippen molar-refractivity contribution in [2.24, 2.45) is 5.92 Å². The predicted octanol–water partition coefficient (Wildman–Crippen LogP) is 3.26. The lowest BCUT2D eigenvalue weighted by atomic mass is 10.0. The van der Waals surface area contributed by atoms with E-state index in [1.54, 1.807) is 7.11 Å². The molecule has 2 aromatic carbocycles. The molecule has 3 aromatic rings. The maximum atomic E-state index is 13.2.